The Morgan fingerprint density at radius 2 is 1.84 bits per heavy atom. The molecule has 31 heavy (non-hydrogen) atoms. The first-order valence-corrected chi connectivity index (χ1v) is 9.92. The van der Waals surface area contributed by atoms with Crippen LogP contribution >= 0.6 is 0 Å². The fourth-order valence-corrected chi connectivity index (χ4v) is 4.04. The number of carbonyl (C=O) groups is 1. The summed E-state index contributed by atoms with van der Waals surface area (Å²) < 4.78 is 7.60. The van der Waals surface area contributed by atoms with E-state index in [1.54, 1.807) is 22.0 Å². The third kappa shape index (κ3) is 3.22. The smallest absolute Gasteiger partial charge is 0.278 e. The number of aromatic hydroxyl groups is 1. The van der Waals surface area contributed by atoms with Gasteiger partial charge in [0.2, 0.25) is 5.43 Å². The molecule has 1 atom stereocenters. The molecule has 2 aliphatic heterocycles. The number of hydrogen-bond acceptors (Lipinski definition) is 6. The number of carbonyl (C=O) groups excluding carboxylic acids is 1. The number of benzene rings is 1. The molecule has 4 heterocycles. The summed E-state index contributed by atoms with van der Waals surface area (Å²) in [5.41, 5.74) is 1.17. The minimum Gasteiger partial charge on any atom is -0.502 e. The normalized spacial score (nSPS) is 19.0. The zero-order valence-corrected chi connectivity index (χ0v) is 16.6. The van der Waals surface area contributed by atoms with Gasteiger partial charge in [-0.2, -0.15) is 0 Å². The van der Waals surface area contributed by atoms with Crippen molar-refractivity contribution in [1.82, 2.24) is 14.6 Å². The first-order chi connectivity index (χ1) is 15.1. The minimum absolute atomic E-state index is 0.0520. The van der Waals surface area contributed by atoms with E-state index < -0.39 is 17.1 Å². The van der Waals surface area contributed by atoms with Gasteiger partial charge < -0.3 is 14.7 Å². The standard InChI is InChI=1S/C23H20N4O4/c28-18-9-13-26-21(22(18)29)23(30)25-12-3-4-14-31-19-6-2-1-5-17(19)20(27(26)15-25)16-7-10-24-11-8-16/h1-11,13,20,29H,12,14-15H2/b4-3-/t20-/m1/s1. The van der Waals surface area contributed by atoms with Gasteiger partial charge in [0.25, 0.3) is 5.91 Å². The summed E-state index contributed by atoms with van der Waals surface area (Å²) in [5, 5.41) is 12.4. The van der Waals surface area contributed by atoms with E-state index in [0.717, 1.165) is 11.1 Å². The lowest BCUT2D eigenvalue weighted by Gasteiger charge is -2.43. The number of ether oxygens (including phenoxy) is 1. The minimum atomic E-state index is -0.592. The van der Waals surface area contributed by atoms with Crippen molar-refractivity contribution in [3.05, 3.63) is 100 Å². The van der Waals surface area contributed by atoms with E-state index in [0.29, 0.717) is 18.9 Å². The number of aromatic nitrogens is 2. The van der Waals surface area contributed by atoms with E-state index in [4.69, 9.17) is 4.74 Å². The maximum absolute atomic E-state index is 13.1. The van der Waals surface area contributed by atoms with Crippen molar-refractivity contribution in [2.75, 3.05) is 24.8 Å². The Balaban J connectivity index is 1.80. The van der Waals surface area contributed by atoms with Gasteiger partial charge in [-0.25, -0.2) is 0 Å². The van der Waals surface area contributed by atoms with Crippen molar-refractivity contribution in [3.8, 4) is 11.5 Å². The summed E-state index contributed by atoms with van der Waals surface area (Å²) in [6.45, 7) is 0.929. The van der Waals surface area contributed by atoms with Crippen LogP contribution in [-0.2, 0) is 0 Å². The van der Waals surface area contributed by atoms with E-state index in [-0.39, 0.29) is 18.4 Å². The van der Waals surface area contributed by atoms with Crippen LogP contribution in [-0.4, -0.2) is 45.4 Å². The number of amides is 1. The first kappa shape index (κ1) is 18.9. The molecule has 0 fully saturated rings. The van der Waals surface area contributed by atoms with Gasteiger partial charge in [-0.1, -0.05) is 24.3 Å². The van der Waals surface area contributed by atoms with Crippen molar-refractivity contribution >= 4 is 5.91 Å². The van der Waals surface area contributed by atoms with Gasteiger partial charge in [0, 0.05) is 36.8 Å². The van der Waals surface area contributed by atoms with E-state index in [2.05, 4.69) is 4.98 Å². The van der Waals surface area contributed by atoms with Crippen molar-refractivity contribution in [2.45, 2.75) is 6.04 Å². The van der Waals surface area contributed by atoms with Gasteiger partial charge >= 0.3 is 0 Å². The molecule has 0 saturated heterocycles. The van der Waals surface area contributed by atoms with Crippen LogP contribution < -0.4 is 15.2 Å². The molecule has 0 radical (unpaired) electrons. The zero-order chi connectivity index (χ0) is 21.4. The Morgan fingerprint density at radius 3 is 2.68 bits per heavy atom. The highest BCUT2D eigenvalue weighted by Crippen LogP contribution is 2.36. The Hall–Kier alpha value is -4.07. The molecule has 2 bridgehead atoms. The maximum Gasteiger partial charge on any atom is 0.278 e. The van der Waals surface area contributed by atoms with Crippen molar-refractivity contribution in [3.63, 3.8) is 0 Å². The first-order valence-electron chi connectivity index (χ1n) is 9.92. The lowest BCUT2D eigenvalue weighted by Crippen LogP contribution is -2.55. The van der Waals surface area contributed by atoms with Crippen LogP contribution in [0.5, 0.6) is 11.5 Å². The molecule has 5 rings (SSSR count). The predicted molar refractivity (Wildman–Crippen MR) is 114 cm³/mol. The lowest BCUT2D eigenvalue weighted by molar-refractivity contribution is 0.0701. The molecule has 156 valence electrons. The number of hydrogen-bond donors (Lipinski definition) is 1. The van der Waals surface area contributed by atoms with Gasteiger partial charge in [-0.05, 0) is 29.8 Å². The van der Waals surface area contributed by atoms with Crippen molar-refractivity contribution in [1.29, 1.82) is 0 Å². The monoisotopic (exact) mass is 416 g/mol. The number of nitrogens with zero attached hydrogens (tertiary/aromatic N) is 4. The molecule has 0 saturated carbocycles. The number of fused-ring (bicyclic) bond motifs is 5. The molecule has 1 amide bonds. The van der Waals surface area contributed by atoms with Crippen LogP contribution in [0.25, 0.3) is 0 Å². The van der Waals surface area contributed by atoms with Crippen LogP contribution in [0.15, 0.2) is 78.0 Å². The van der Waals surface area contributed by atoms with Crippen LogP contribution in [0, 0.1) is 0 Å². The highest BCUT2D eigenvalue weighted by molar-refractivity contribution is 5.96. The Morgan fingerprint density at radius 1 is 1.03 bits per heavy atom. The topological polar surface area (TPSA) is 87.9 Å². The molecule has 0 aliphatic carbocycles. The molecule has 3 aromatic rings. The Bertz CT molecular complexity index is 1220. The molecule has 1 N–H and O–H groups in total. The quantitative estimate of drug-likeness (QED) is 0.611. The molecule has 2 aromatic heterocycles. The van der Waals surface area contributed by atoms with E-state index in [9.17, 15) is 14.7 Å². The second-order valence-corrected chi connectivity index (χ2v) is 7.33. The number of rotatable bonds is 1. The van der Waals surface area contributed by atoms with Crippen LogP contribution in [0.4, 0.5) is 0 Å². The van der Waals surface area contributed by atoms with Crippen LogP contribution in [0.1, 0.15) is 27.7 Å². The summed E-state index contributed by atoms with van der Waals surface area (Å²) >= 11 is 0. The van der Waals surface area contributed by atoms with E-state index in [1.165, 1.54) is 12.3 Å². The third-order valence-electron chi connectivity index (χ3n) is 5.50. The third-order valence-corrected chi connectivity index (χ3v) is 5.50. The van der Waals surface area contributed by atoms with E-state index in [1.807, 2.05) is 53.6 Å². The fraction of sp³-hybridized carbons (Fsp3) is 0.174. The zero-order valence-electron chi connectivity index (χ0n) is 16.6. The summed E-state index contributed by atoms with van der Waals surface area (Å²) in [6, 6.07) is 12.4. The second kappa shape index (κ2) is 7.64. The summed E-state index contributed by atoms with van der Waals surface area (Å²) in [5.74, 6) is -0.247. The molecule has 0 unspecified atom stereocenters. The fourth-order valence-electron chi connectivity index (χ4n) is 4.04. The second-order valence-electron chi connectivity index (χ2n) is 7.33. The van der Waals surface area contributed by atoms with Gasteiger partial charge in [-0.3, -0.25) is 24.3 Å². The van der Waals surface area contributed by atoms with E-state index >= 15 is 0 Å². The number of para-hydroxylation sites is 1. The largest absolute Gasteiger partial charge is 0.502 e. The highest BCUT2D eigenvalue weighted by atomic mass is 16.5. The molecule has 1 aromatic carbocycles. The van der Waals surface area contributed by atoms with Crippen LogP contribution in [0.2, 0.25) is 0 Å². The summed E-state index contributed by atoms with van der Waals surface area (Å²) in [6.07, 6.45) is 8.65. The predicted octanol–water partition coefficient (Wildman–Crippen LogP) is 2.04. The lowest BCUT2D eigenvalue weighted by atomic mass is 9.98. The Kier molecular flexibility index (Phi) is 4.66. The Labute approximate surface area is 178 Å². The average Bonchev–Trinajstić information content (AvgIpc) is 2.82. The number of pyridine rings is 2. The molecular formula is C23H20N4O4. The highest BCUT2D eigenvalue weighted by Gasteiger charge is 2.37. The van der Waals surface area contributed by atoms with Gasteiger partial charge in [0.1, 0.15) is 25.1 Å². The molecule has 8 nitrogen and oxygen atoms in total. The summed E-state index contributed by atoms with van der Waals surface area (Å²) in [7, 11) is 0. The van der Waals surface area contributed by atoms with Crippen LogP contribution in [0.3, 0.4) is 0 Å². The van der Waals surface area contributed by atoms with Crippen molar-refractivity contribution in [2.24, 2.45) is 0 Å². The molecule has 0 spiro atoms. The molecule has 8 heteroatoms. The maximum atomic E-state index is 13.1. The molecule has 2 aliphatic rings. The SMILES string of the molecule is O=C1c2c(O)c(=O)ccn2N2CN1C/C=C\COc1ccccc1[C@H]2c1ccncc1. The van der Waals surface area contributed by atoms with Gasteiger partial charge in [-0.15, -0.1) is 0 Å². The summed E-state index contributed by atoms with van der Waals surface area (Å²) in [4.78, 5) is 31.0. The molecular weight excluding hydrogens is 396 g/mol. The average molecular weight is 416 g/mol. The van der Waals surface area contributed by atoms with Gasteiger partial charge in [0.15, 0.2) is 11.4 Å². The van der Waals surface area contributed by atoms with Crippen molar-refractivity contribution < 1.29 is 14.6 Å². The van der Waals surface area contributed by atoms with Gasteiger partial charge in [0.05, 0.1) is 0 Å².